The molecular weight excluding hydrogens is 324 g/mol. The Morgan fingerprint density at radius 1 is 1.44 bits per heavy atom. The van der Waals surface area contributed by atoms with Crippen LogP contribution in [0.3, 0.4) is 0 Å². The van der Waals surface area contributed by atoms with Crippen molar-refractivity contribution >= 4 is 11.8 Å². The van der Waals surface area contributed by atoms with Crippen molar-refractivity contribution in [1.82, 2.24) is 20.1 Å². The molecule has 8 nitrogen and oxygen atoms in total. The number of aromatic nitrogens is 1. The topological polar surface area (TPSA) is 95.0 Å². The second-order valence-corrected chi connectivity index (χ2v) is 6.85. The van der Waals surface area contributed by atoms with Crippen molar-refractivity contribution in [2.24, 2.45) is 0 Å². The summed E-state index contributed by atoms with van der Waals surface area (Å²) in [7, 11) is 3.48. The summed E-state index contributed by atoms with van der Waals surface area (Å²) in [4.78, 5) is 31.8. The van der Waals surface area contributed by atoms with E-state index in [4.69, 9.17) is 4.74 Å². The number of pyridine rings is 1. The van der Waals surface area contributed by atoms with Crippen molar-refractivity contribution < 1.29 is 19.4 Å². The van der Waals surface area contributed by atoms with Crippen LogP contribution in [0.2, 0.25) is 0 Å². The van der Waals surface area contributed by atoms with Gasteiger partial charge in [-0.1, -0.05) is 0 Å². The normalized spacial score (nSPS) is 26.1. The lowest BCUT2D eigenvalue weighted by atomic mass is 10.1. The van der Waals surface area contributed by atoms with E-state index in [1.54, 1.807) is 19.0 Å². The largest absolute Gasteiger partial charge is 0.505 e. The first-order valence-electron chi connectivity index (χ1n) is 8.43. The maximum atomic E-state index is 12.3. The van der Waals surface area contributed by atoms with Crippen LogP contribution < -0.4 is 5.32 Å². The summed E-state index contributed by atoms with van der Waals surface area (Å²) in [6.07, 6.45) is 3.80. The van der Waals surface area contributed by atoms with Gasteiger partial charge in [-0.2, -0.15) is 0 Å². The Balaban J connectivity index is 1.54. The maximum absolute atomic E-state index is 12.3. The minimum Gasteiger partial charge on any atom is -0.505 e. The number of carbonyl (C=O) groups is 2. The molecule has 25 heavy (non-hydrogen) atoms. The van der Waals surface area contributed by atoms with Gasteiger partial charge in [0.1, 0.15) is 5.75 Å². The zero-order chi connectivity index (χ0) is 18.0. The Hall–Kier alpha value is -2.19. The first-order chi connectivity index (χ1) is 11.9. The van der Waals surface area contributed by atoms with Crippen LogP contribution in [-0.4, -0.2) is 83.7 Å². The molecule has 136 valence electrons. The number of rotatable bonds is 4. The Bertz CT molecular complexity index is 651. The highest BCUT2D eigenvalue weighted by Crippen LogP contribution is 2.25. The van der Waals surface area contributed by atoms with Gasteiger partial charge in [0, 0.05) is 45.5 Å². The van der Waals surface area contributed by atoms with E-state index in [1.807, 2.05) is 0 Å². The van der Waals surface area contributed by atoms with Crippen LogP contribution in [0.15, 0.2) is 18.5 Å². The average Bonchev–Trinajstić information content (AvgIpc) is 2.96. The molecule has 2 amide bonds. The number of hydrogen-bond acceptors (Lipinski definition) is 6. The Labute approximate surface area is 146 Å². The molecule has 2 aliphatic heterocycles. The third-order valence-electron chi connectivity index (χ3n) is 4.77. The molecule has 3 heterocycles. The molecule has 1 aromatic rings. The van der Waals surface area contributed by atoms with E-state index >= 15 is 0 Å². The van der Waals surface area contributed by atoms with Crippen LogP contribution in [0.4, 0.5) is 0 Å². The van der Waals surface area contributed by atoms with Crippen molar-refractivity contribution in [3.05, 3.63) is 24.0 Å². The van der Waals surface area contributed by atoms with Crippen LogP contribution in [0, 0.1) is 0 Å². The number of aromatic hydroxyl groups is 1. The molecule has 8 heteroatoms. The number of nitrogens with zero attached hydrogens (tertiary/aromatic N) is 3. The van der Waals surface area contributed by atoms with Crippen LogP contribution in [0.1, 0.15) is 23.2 Å². The quantitative estimate of drug-likeness (QED) is 0.785. The fourth-order valence-corrected chi connectivity index (χ4v) is 3.39. The molecule has 0 radical (unpaired) electrons. The Morgan fingerprint density at radius 3 is 2.96 bits per heavy atom. The minimum absolute atomic E-state index is 0.00281. The van der Waals surface area contributed by atoms with Gasteiger partial charge in [0.2, 0.25) is 5.91 Å². The van der Waals surface area contributed by atoms with Gasteiger partial charge in [-0.25, -0.2) is 0 Å². The third-order valence-corrected chi connectivity index (χ3v) is 4.77. The van der Waals surface area contributed by atoms with E-state index < -0.39 is 0 Å². The maximum Gasteiger partial charge on any atom is 0.255 e. The number of fused-ring (bicyclic) bond motifs is 1. The molecule has 2 N–H and O–H groups in total. The molecule has 0 unspecified atom stereocenters. The number of morpholine rings is 1. The zero-order valence-electron chi connectivity index (χ0n) is 14.5. The van der Waals surface area contributed by atoms with E-state index in [1.165, 1.54) is 18.5 Å². The van der Waals surface area contributed by atoms with Crippen LogP contribution >= 0.6 is 0 Å². The summed E-state index contributed by atoms with van der Waals surface area (Å²) in [6.45, 7) is 1.98. The van der Waals surface area contributed by atoms with E-state index in [-0.39, 0.29) is 41.3 Å². The van der Waals surface area contributed by atoms with E-state index in [9.17, 15) is 14.7 Å². The van der Waals surface area contributed by atoms with Crippen LogP contribution in [0.25, 0.3) is 0 Å². The molecule has 0 bridgehead atoms. The second-order valence-electron chi connectivity index (χ2n) is 6.85. The van der Waals surface area contributed by atoms with Gasteiger partial charge in [-0.3, -0.25) is 19.5 Å². The number of hydrogen-bond donors (Lipinski definition) is 2. The number of carbonyl (C=O) groups excluding carboxylic acids is 2. The molecule has 0 spiro atoms. The van der Waals surface area contributed by atoms with Crippen molar-refractivity contribution in [1.29, 1.82) is 0 Å². The molecule has 2 fully saturated rings. The highest BCUT2D eigenvalue weighted by Gasteiger charge is 2.38. The molecule has 3 atom stereocenters. The van der Waals surface area contributed by atoms with Gasteiger partial charge in [0.05, 0.1) is 30.9 Å². The van der Waals surface area contributed by atoms with Gasteiger partial charge in [-0.15, -0.1) is 0 Å². The first-order valence-corrected chi connectivity index (χ1v) is 8.43. The van der Waals surface area contributed by atoms with Gasteiger partial charge in [-0.05, 0) is 12.5 Å². The Morgan fingerprint density at radius 2 is 2.24 bits per heavy atom. The highest BCUT2D eigenvalue weighted by molar-refractivity contribution is 5.96. The minimum atomic E-state index is -0.301. The number of nitrogens with one attached hydrogen (secondary N) is 1. The van der Waals surface area contributed by atoms with Crippen molar-refractivity contribution in [2.45, 2.75) is 31.0 Å². The second kappa shape index (κ2) is 7.37. The Kier molecular flexibility index (Phi) is 5.19. The summed E-state index contributed by atoms with van der Waals surface area (Å²) in [6, 6.07) is 1.75. The molecule has 2 aliphatic rings. The van der Waals surface area contributed by atoms with E-state index in [0.29, 0.717) is 19.6 Å². The summed E-state index contributed by atoms with van der Waals surface area (Å²) in [5.74, 6) is -0.369. The van der Waals surface area contributed by atoms with Crippen molar-refractivity contribution in [3.63, 3.8) is 0 Å². The molecular formula is C17H24N4O4. The first kappa shape index (κ1) is 17.6. The lowest BCUT2D eigenvalue weighted by Gasteiger charge is -2.35. The van der Waals surface area contributed by atoms with Crippen LogP contribution in [0.5, 0.6) is 5.75 Å². The molecule has 2 saturated heterocycles. The van der Waals surface area contributed by atoms with Crippen LogP contribution in [-0.2, 0) is 9.53 Å². The summed E-state index contributed by atoms with van der Waals surface area (Å²) < 4.78 is 5.82. The number of ether oxygens (including phenoxy) is 1. The molecule has 0 aromatic carbocycles. The summed E-state index contributed by atoms with van der Waals surface area (Å²) in [5.41, 5.74) is 0.227. The molecule has 3 rings (SSSR count). The van der Waals surface area contributed by atoms with E-state index in [2.05, 4.69) is 15.2 Å². The van der Waals surface area contributed by atoms with Gasteiger partial charge in [0.15, 0.2) is 0 Å². The summed E-state index contributed by atoms with van der Waals surface area (Å²) >= 11 is 0. The SMILES string of the molecule is CN(C)C(=O)C[C@H]1CN2C[C@@H](NC(=O)c3ccncc3O)C[C@H]2CO1. The smallest absolute Gasteiger partial charge is 0.255 e. The van der Waals surface area contributed by atoms with Gasteiger partial charge >= 0.3 is 0 Å². The standard InChI is InChI=1S/C17H24N4O4/c1-20(2)16(23)6-13-9-21-8-11(5-12(21)10-25-13)19-17(24)14-3-4-18-7-15(14)22/h3-4,7,11-13,22H,5-6,8-10H2,1-2H3,(H,19,24)/t11-,12-,13-/m0/s1. The lowest BCUT2D eigenvalue weighted by Crippen LogP contribution is -2.47. The predicted octanol–water partition coefficient (Wildman–Crippen LogP) is -0.163. The fraction of sp³-hybridized carbons (Fsp3) is 0.588. The van der Waals surface area contributed by atoms with Gasteiger partial charge in [0.25, 0.3) is 5.91 Å². The predicted molar refractivity (Wildman–Crippen MR) is 90.2 cm³/mol. The van der Waals surface area contributed by atoms with Crippen molar-refractivity contribution in [2.75, 3.05) is 33.8 Å². The highest BCUT2D eigenvalue weighted by atomic mass is 16.5. The lowest BCUT2D eigenvalue weighted by molar-refractivity contribution is -0.134. The zero-order valence-corrected chi connectivity index (χ0v) is 14.5. The third kappa shape index (κ3) is 4.08. The van der Waals surface area contributed by atoms with Crippen molar-refractivity contribution in [3.8, 4) is 5.75 Å². The fourth-order valence-electron chi connectivity index (χ4n) is 3.39. The van der Waals surface area contributed by atoms with E-state index in [0.717, 1.165) is 13.0 Å². The average molecular weight is 348 g/mol. The monoisotopic (exact) mass is 348 g/mol. The summed E-state index contributed by atoms with van der Waals surface area (Å²) in [5, 5.41) is 12.7. The molecule has 1 aromatic heterocycles. The molecule has 0 saturated carbocycles. The number of amides is 2. The van der Waals surface area contributed by atoms with Gasteiger partial charge < -0.3 is 20.1 Å². The molecule has 0 aliphatic carbocycles.